The lowest BCUT2D eigenvalue weighted by Gasteiger charge is -2.03. The van der Waals surface area contributed by atoms with E-state index in [2.05, 4.69) is 0 Å². The first kappa shape index (κ1) is 13.3. The lowest BCUT2D eigenvalue weighted by Crippen LogP contribution is -2.15. The summed E-state index contributed by atoms with van der Waals surface area (Å²) in [7, 11) is -4.75. The summed E-state index contributed by atoms with van der Waals surface area (Å²) in [5, 5.41) is 0. The van der Waals surface area contributed by atoms with E-state index in [0.717, 1.165) is 0 Å². The van der Waals surface area contributed by atoms with Gasteiger partial charge in [-0.25, -0.2) is 12.8 Å². The second-order valence-corrected chi connectivity index (χ2v) is 7.23. The van der Waals surface area contributed by atoms with Crippen LogP contribution in [-0.4, -0.2) is 29.9 Å². The van der Waals surface area contributed by atoms with Gasteiger partial charge in [0.05, 0.1) is 21.4 Å². The van der Waals surface area contributed by atoms with Crippen LogP contribution >= 0.6 is 0 Å². The van der Waals surface area contributed by atoms with Gasteiger partial charge in [0.1, 0.15) is 5.82 Å². The predicted octanol–water partition coefficient (Wildman–Crippen LogP) is 1.37. The monoisotopic (exact) mass is 264 g/mol. The molecule has 0 bridgehead atoms. The molecule has 90 valence electrons. The van der Waals surface area contributed by atoms with Gasteiger partial charge in [0.25, 0.3) is 0 Å². The van der Waals surface area contributed by atoms with Gasteiger partial charge in [-0.15, -0.1) is 0 Å². The third kappa shape index (κ3) is 3.68. The van der Waals surface area contributed by atoms with E-state index >= 15 is 0 Å². The maximum absolute atomic E-state index is 13.2. The molecule has 0 aromatic heterocycles. The Bertz CT molecular complexity index is 483. The van der Waals surface area contributed by atoms with Crippen LogP contribution in [0.5, 0.6) is 0 Å². The lowest BCUT2D eigenvalue weighted by atomic mass is 10.3. The van der Waals surface area contributed by atoms with Gasteiger partial charge in [0.15, 0.2) is 9.84 Å². The Labute approximate surface area is 97.1 Å². The molecule has 0 aliphatic carbocycles. The molecule has 1 unspecified atom stereocenters. The summed E-state index contributed by atoms with van der Waals surface area (Å²) in [6.07, 6.45) is 0. The molecule has 1 atom stereocenters. The third-order valence-electron chi connectivity index (χ3n) is 2.10. The van der Waals surface area contributed by atoms with Gasteiger partial charge in [-0.2, -0.15) is 0 Å². The molecular formula is C10H13FO3S2. The summed E-state index contributed by atoms with van der Waals surface area (Å²) in [5.41, 5.74) is 0. The number of benzene rings is 1. The molecule has 1 rings (SSSR count). The minimum absolute atomic E-state index is 0.0153. The molecule has 6 heteroatoms. The molecule has 0 spiro atoms. The zero-order valence-electron chi connectivity index (χ0n) is 8.85. The highest BCUT2D eigenvalue weighted by molar-refractivity contribution is 7.93. The standard InChI is InChI=1S/C10H13FO3S2/c1-2-16(13,14)8-7-15(12)10-6-4-3-5-9(10)11/h3-6H,2,7-8H2,1H3. The van der Waals surface area contributed by atoms with Crippen molar-refractivity contribution < 1.29 is 17.0 Å². The normalized spacial score (nSPS) is 13.6. The fraction of sp³-hybridized carbons (Fsp3) is 0.400. The fourth-order valence-electron chi connectivity index (χ4n) is 1.09. The van der Waals surface area contributed by atoms with E-state index in [1.54, 1.807) is 6.07 Å². The van der Waals surface area contributed by atoms with Crippen LogP contribution < -0.4 is 0 Å². The number of rotatable bonds is 5. The van der Waals surface area contributed by atoms with Crippen molar-refractivity contribution in [3.63, 3.8) is 0 Å². The van der Waals surface area contributed by atoms with E-state index in [4.69, 9.17) is 0 Å². The molecule has 1 aromatic rings. The van der Waals surface area contributed by atoms with Crippen molar-refractivity contribution in [3.05, 3.63) is 30.1 Å². The maximum atomic E-state index is 13.2. The summed E-state index contributed by atoms with van der Waals surface area (Å²) in [6.45, 7) is 1.53. The minimum Gasteiger partial charge on any atom is -0.254 e. The molecule has 1 aromatic carbocycles. The quantitative estimate of drug-likeness (QED) is 0.807. The predicted molar refractivity (Wildman–Crippen MR) is 62.0 cm³/mol. The zero-order chi connectivity index (χ0) is 12.2. The highest BCUT2D eigenvalue weighted by Gasteiger charge is 2.13. The third-order valence-corrected chi connectivity index (χ3v) is 5.46. The van der Waals surface area contributed by atoms with E-state index in [1.807, 2.05) is 0 Å². The van der Waals surface area contributed by atoms with Gasteiger partial charge in [-0.1, -0.05) is 19.1 Å². The molecule has 0 heterocycles. The van der Waals surface area contributed by atoms with Crippen molar-refractivity contribution >= 4 is 20.6 Å². The Morgan fingerprint density at radius 2 is 1.94 bits per heavy atom. The minimum atomic E-state index is -3.15. The van der Waals surface area contributed by atoms with Gasteiger partial charge in [0, 0.05) is 11.5 Å². The van der Waals surface area contributed by atoms with Crippen molar-refractivity contribution in [1.29, 1.82) is 0 Å². The molecule has 3 nitrogen and oxygen atoms in total. The van der Waals surface area contributed by atoms with Gasteiger partial charge in [-0.3, -0.25) is 4.21 Å². The first-order valence-corrected chi connectivity index (χ1v) is 7.93. The van der Waals surface area contributed by atoms with Crippen molar-refractivity contribution in [3.8, 4) is 0 Å². The van der Waals surface area contributed by atoms with Crippen molar-refractivity contribution in [1.82, 2.24) is 0 Å². The smallest absolute Gasteiger partial charge is 0.150 e. The van der Waals surface area contributed by atoms with Gasteiger partial charge < -0.3 is 0 Å². The van der Waals surface area contributed by atoms with Crippen LogP contribution in [0, 0.1) is 5.82 Å². The van der Waals surface area contributed by atoms with Crippen LogP contribution in [0.2, 0.25) is 0 Å². The zero-order valence-corrected chi connectivity index (χ0v) is 10.5. The summed E-state index contributed by atoms with van der Waals surface area (Å²) in [5.74, 6) is -0.780. The average Bonchev–Trinajstić information content (AvgIpc) is 2.27. The summed E-state index contributed by atoms with van der Waals surface area (Å²) in [4.78, 5) is 0.0637. The van der Waals surface area contributed by atoms with Crippen molar-refractivity contribution in [2.75, 3.05) is 17.3 Å². The molecule has 0 aliphatic rings. The van der Waals surface area contributed by atoms with Crippen LogP contribution in [-0.2, 0) is 20.6 Å². The molecule has 0 amide bonds. The first-order chi connectivity index (χ1) is 7.46. The molecule has 0 fully saturated rings. The Morgan fingerprint density at radius 1 is 1.31 bits per heavy atom. The second kappa shape index (κ2) is 5.54. The Kier molecular flexibility index (Phi) is 4.61. The fourth-order valence-corrected chi connectivity index (χ4v) is 3.73. The SMILES string of the molecule is CCS(=O)(=O)CCS(=O)c1ccccc1F. The van der Waals surface area contributed by atoms with Crippen LogP contribution in [0.3, 0.4) is 0 Å². The molecule has 0 radical (unpaired) electrons. The molecular weight excluding hydrogens is 251 g/mol. The maximum Gasteiger partial charge on any atom is 0.150 e. The second-order valence-electron chi connectivity index (χ2n) is 3.22. The van der Waals surface area contributed by atoms with Gasteiger partial charge >= 0.3 is 0 Å². The van der Waals surface area contributed by atoms with E-state index in [1.165, 1.54) is 25.1 Å². The largest absolute Gasteiger partial charge is 0.254 e. The molecule has 16 heavy (non-hydrogen) atoms. The summed E-state index contributed by atoms with van der Waals surface area (Å²) >= 11 is 0. The molecule has 0 aliphatic heterocycles. The van der Waals surface area contributed by atoms with Gasteiger partial charge in [0.2, 0.25) is 0 Å². The highest BCUT2D eigenvalue weighted by Crippen LogP contribution is 2.12. The lowest BCUT2D eigenvalue weighted by molar-refractivity contribution is 0.592. The Morgan fingerprint density at radius 3 is 2.50 bits per heavy atom. The van der Waals surface area contributed by atoms with Crippen LogP contribution in [0.1, 0.15) is 6.92 Å². The molecule has 0 N–H and O–H groups in total. The molecule has 0 saturated carbocycles. The van der Waals surface area contributed by atoms with Crippen molar-refractivity contribution in [2.45, 2.75) is 11.8 Å². The number of halogens is 1. The van der Waals surface area contributed by atoms with Gasteiger partial charge in [-0.05, 0) is 12.1 Å². The summed E-state index contributed by atoms with van der Waals surface area (Å²) < 4.78 is 47.2. The van der Waals surface area contributed by atoms with Crippen LogP contribution in [0.15, 0.2) is 29.2 Å². The number of hydrogen-bond acceptors (Lipinski definition) is 3. The Hall–Kier alpha value is -0.750. The number of sulfone groups is 1. The topological polar surface area (TPSA) is 51.2 Å². The molecule has 0 saturated heterocycles. The van der Waals surface area contributed by atoms with Crippen molar-refractivity contribution in [2.24, 2.45) is 0 Å². The van der Waals surface area contributed by atoms with Crippen LogP contribution in [0.4, 0.5) is 4.39 Å². The Balaban J connectivity index is 2.71. The highest BCUT2D eigenvalue weighted by atomic mass is 32.2. The first-order valence-electron chi connectivity index (χ1n) is 4.79. The summed E-state index contributed by atoms with van der Waals surface area (Å²) in [6, 6.07) is 5.69. The van der Waals surface area contributed by atoms with Crippen LogP contribution in [0.25, 0.3) is 0 Å². The van der Waals surface area contributed by atoms with E-state index in [-0.39, 0.29) is 22.2 Å². The number of hydrogen-bond donors (Lipinski definition) is 0. The van der Waals surface area contributed by atoms with E-state index < -0.39 is 26.5 Å². The van der Waals surface area contributed by atoms with E-state index in [0.29, 0.717) is 0 Å². The average molecular weight is 264 g/mol. The van der Waals surface area contributed by atoms with E-state index in [9.17, 15) is 17.0 Å².